The monoisotopic (exact) mass is 811 g/mol. The number of aromatic nitrogens is 1. The molecule has 0 aliphatic heterocycles. The quantitative estimate of drug-likeness (QED) is 0.152. The Morgan fingerprint density at radius 2 is 0.820 bits per heavy atom. The predicted molar refractivity (Wildman–Crippen MR) is 264 cm³/mol. The molecule has 8 aromatic carbocycles. The fraction of sp³-hybridized carbons (Fsp3) is 0.203. The van der Waals surface area contributed by atoms with Gasteiger partial charge in [0, 0.05) is 41.3 Å². The number of hydrogen-bond donors (Lipinski definition) is 0. The van der Waals surface area contributed by atoms with Crippen LogP contribution in [0.4, 0.5) is 0 Å². The second-order valence-corrected chi connectivity index (χ2v) is 22.8. The molecule has 0 spiro atoms. The van der Waals surface area contributed by atoms with Crippen molar-refractivity contribution < 1.29 is 0 Å². The molecule has 0 saturated carbocycles. The lowest BCUT2D eigenvalue weighted by Crippen LogP contribution is -2.13. The molecule has 0 radical (unpaired) electrons. The van der Waals surface area contributed by atoms with Crippen LogP contribution in [0.1, 0.15) is 79.0 Å². The SMILES string of the molecule is CC(C)(C)c1ccc(S(c2ccc(C(C)(C)C)cc2)(c2ccc(C(C)(C)C)cc2)c2cccc(-c3ccc4c(c3)nc(-c3ccccc3)c3ccc5ccccc5c34)c2)cc1. The first-order chi connectivity index (χ1) is 29.1. The van der Waals surface area contributed by atoms with Crippen molar-refractivity contribution in [1.82, 2.24) is 4.98 Å². The third-order valence-corrected chi connectivity index (χ3v) is 16.4. The summed E-state index contributed by atoms with van der Waals surface area (Å²) in [5.74, 6) is 0. The largest absolute Gasteiger partial charge is 0.247 e. The smallest absolute Gasteiger partial charge is 0.0788 e. The van der Waals surface area contributed by atoms with Crippen molar-refractivity contribution in [3.8, 4) is 22.4 Å². The Balaban J connectivity index is 1.30. The third-order valence-electron chi connectivity index (χ3n) is 12.5. The van der Waals surface area contributed by atoms with Crippen LogP contribution >= 0.6 is 10.0 Å². The second-order valence-electron chi connectivity index (χ2n) is 19.7. The van der Waals surface area contributed by atoms with E-state index in [1.165, 1.54) is 68.8 Å². The van der Waals surface area contributed by atoms with Gasteiger partial charge in [-0.15, -0.1) is 10.0 Å². The maximum atomic E-state index is 5.47. The van der Waals surface area contributed by atoms with Crippen LogP contribution in [-0.2, 0) is 16.2 Å². The van der Waals surface area contributed by atoms with E-state index < -0.39 is 10.0 Å². The summed E-state index contributed by atoms with van der Waals surface area (Å²) in [5.41, 5.74) is 9.61. The first kappa shape index (κ1) is 40.4. The zero-order valence-corrected chi connectivity index (χ0v) is 38.0. The molecule has 0 aliphatic carbocycles. The van der Waals surface area contributed by atoms with Gasteiger partial charge in [0.15, 0.2) is 0 Å². The predicted octanol–water partition coefficient (Wildman–Crippen LogP) is 17.1. The number of nitrogens with zero attached hydrogens (tertiary/aromatic N) is 1. The molecule has 0 N–H and O–H groups in total. The van der Waals surface area contributed by atoms with Crippen molar-refractivity contribution in [3.05, 3.63) is 199 Å². The highest BCUT2D eigenvalue weighted by Gasteiger charge is 2.35. The Morgan fingerprint density at radius 3 is 1.36 bits per heavy atom. The van der Waals surface area contributed by atoms with Gasteiger partial charge in [-0.1, -0.05) is 190 Å². The molecule has 1 heterocycles. The van der Waals surface area contributed by atoms with Gasteiger partial charge in [0.2, 0.25) is 0 Å². The second kappa shape index (κ2) is 15.2. The molecule has 61 heavy (non-hydrogen) atoms. The average Bonchev–Trinajstić information content (AvgIpc) is 3.26. The Hall–Kier alpha value is -5.96. The highest BCUT2D eigenvalue weighted by atomic mass is 32.3. The van der Waals surface area contributed by atoms with E-state index in [0.29, 0.717) is 0 Å². The fourth-order valence-corrected chi connectivity index (χ4v) is 12.8. The Bertz CT molecular complexity index is 2890. The van der Waals surface area contributed by atoms with Gasteiger partial charge in [0.1, 0.15) is 0 Å². The molecule has 304 valence electrons. The van der Waals surface area contributed by atoms with Crippen molar-refractivity contribution >= 4 is 42.5 Å². The van der Waals surface area contributed by atoms with Gasteiger partial charge in [-0.05, 0) is 109 Å². The maximum absolute atomic E-state index is 5.47. The Morgan fingerprint density at radius 1 is 0.344 bits per heavy atom. The summed E-state index contributed by atoms with van der Waals surface area (Å²) < 4.78 is 0. The molecule has 0 unspecified atom stereocenters. The van der Waals surface area contributed by atoms with E-state index in [0.717, 1.165) is 22.3 Å². The normalized spacial score (nSPS) is 12.9. The van der Waals surface area contributed by atoms with E-state index in [-0.39, 0.29) is 16.2 Å². The zero-order chi connectivity index (χ0) is 42.7. The topological polar surface area (TPSA) is 12.9 Å². The third kappa shape index (κ3) is 7.36. The van der Waals surface area contributed by atoms with Gasteiger partial charge < -0.3 is 0 Å². The lowest BCUT2D eigenvalue weighted by Gasteiger charge is -2.43. The molecular formula is C59H57NS. The lowest BCUT2D eigenvalue weighted by atomic mass is 9.87. The van der Waals surface area contributed by atoms with Gasteiger partial charge in [-0.2, -0.15) is 0 Å². The molecule has 1 nitrogen and oxygen atoms in total. The van der Waals surface area contributed by atoms with Crippen LogP contribution in [0.25, 0.3) is 54.8 Å². The summed E-state index contributed by atoms with van der Waals surface area (Å²) in [5, 5.41) is 6.08. The van der Waals surface area contributed by atoms with Gasteiger partial charge in [-0.3, -0.25) is 0 Å². The number of pyridine rings is 1. The van der Waals surface area contributed by atoms with Gasteiger partial charge >= 0.3 is 0 Å². The molecule has 9 aromatic rings. The summed E-state index contributed by atoms with van der Waals surface area (Å²) in [4.78, 5) is 10.8. The molecule has 0 saturated heterocycles. The van der Waals surface area contributed by atoms with E-state index in [2.05, 4.69) is 244 Å². The van der Waals surface area contributed by atoms with E-state index in [1.54, 1.807) is 0 Å². The number of rotatable bonds is 6. The minimum absolute atomic E-state index is 0.0429. The highest BCUT2D eigenvalue weighted by molar-refractivity contribution is 8.34. The van der Waals surface area contributed by atoms with Crippen molar-refractivity contribution in [3.63, 3.8) is 0 Å². The van der Waals surface area contributed by atoms with Crippen LogP contribution in [0.5, 0.6) is 0 Å². The molecular weight excluding hydrogens is 755 g/mol. The first-order valence-electron chi connectivity index (χ1n) is 21.7. The summed E-state index contributed by atoms with van der Waals surface area (Å²) in [6.07, 6.45) is 0. The minimum Gasteiger partial charge on any atom is -0.247 e. The molecule has 0 amide bonds. The van der Waals surface area contributed by atoms with Crippen LogP contribution in [-0.4, -0.2) is 4.98 Å². The van der Waals surface area contributed by atoms with Crippen LogP contribution < -0.4 is 0 Å². The van der Waals surface area contributed by atoms with Crippen LogP contribution in [0.3, 0.4) is 0 Å². The van der Waals surface area contributed by atoms with Crippen molar-refractivity contribution in [2.75, 3.05) is 0 Å². The van der Waals surface area contributed by atoms with E-state index in [9.17, 15) is 0 Å². The Kier molecular flexibility index (Phi) is 10.1. The number of hydrogen-bond acceptors (Lipinski definition) is 1. The standard InChI is InChI=1S/C59H57NS/c1-57(2,3)44-24-30-47(31-25-44)61(48-32-26-45(27-33-48)58(4,5)6,49-34-28-46(29-35-49)59(7,8)9)50-20-15-19-42(38-50)43-23-36-52-54(39-43)60-56(41-17-11-10-12-18-41)53-37-22-40-16-13-14-21-51(40)55(52)53/h10-39H,1-9H3. The van der Waals surface area contributed by atoms with Crippen molar-refractivity contribution in [2.24, 2.45) is 0 Å². The van der Waals surface area contributed by atoms with E-state index in [1.807, 2.05) is 0 Å². The molecule has 0 bridgehead atoms. The van der Waals surface area contributed by atoms with Gasteiger partial charge in [0.05, 0.1) is 11.2 Å². The van der Waals surface area contributed by atoms with Crippen LogP contribution in [0.2, 0.25) is 0 Å². The van der Waals surface area contributed by atoms with E-state index >= 15 is 0 Å². The first-order valence-corrected chi connectivity index (χ1v) is 23.3. The summed E-state index contributed by atoms with van der Waals surface area (Å²) >= 11 is 0. The average molecular weight is 812 g/mol. The van der Waals surface area contributed by atoms with Crippen molar-refractivity contribution in [1.29, 1.82) is 0 Å². The molecule has 0 fully saturated rings. The number of benzene rings is 8. The summed E-state index contributed by atoms with van der Waals surface area (Å²) in [7, 11) is -1.98. The summed E-state index contributed by atoms with van der Waals surface area (Å²) in [6.45, 7) is 20.7. The Labute approximate surface area is 364 Å². The van der Waals surface area contributed by atoms with E-state index in [4.69, 9.17) is 4.98 Å². The molecule has 2 heteroatoms. The lowest BCUT2D eigenvalue weighted by molar-refractivity contribution is 0.589. The fourth-order valence-electron chi connectivity index (χ4n) is 8.93. The molecule has 9 rings (SSSR count). The minimum atomic E-state index is -1.98. The molecule has 1 aromatic heterocycles. The van der Waals surface area contributed by atoms with Gasteiger partial charge in [-0.25, -0.2) is 4.98 Å². The summed E-state index contributed by atoms with van der Waals surface area (Å²) in [6, 6.07) is 68.8. The molecule has 0 aliphatic rings. The van der Waals surface area contributed by atoms with Gasteiger partial charge in [0.25, 0.3) is 0 Å². The number of fused-ring (bicyclic) bond motifs is 5. The van der Waals surface area contributed by atoms with Crippen molar-refractivity contribution in [2.45, 2.75) is 98.1 Å². The van der Waals surface area contributed by atoms with Crippen LogP contribution in [0.15, 0.2) is 202 Å². The highest BCUT2D eigenvalue weighted by Crippen LogP contribution is 2.74. The zero-order valence-electron chi connectivity index (χ0n) is 37.2. The maximum Gasteiger partial charge on any atom is 0.0788 e. The molecule has 0 atom stereocenters. The van der Waals surface area contributed by atoms with Crippen LogP contribution in [0, 0.1) is 0 Å².